The van der Waals surface area contributed by atoms with E-state index in [0.29, 0.717) is 0 Å². The van der Waals surface area contributed by atoms with E-state index in [1.54, 1.807) is 32.1 Å². The molecule has 1 aliphatic heterocycles. The molecule has 1 aromatic carbocycles. The second kappa shape index (κ2) is 9.91. The minimum Gasteiger partial charge on any atom is -0.391 e. The van der Waals surface area contributed by atoms with Crippen molar-refractivity contribution in [3.63, 3.8) is 0 Å². The van der Waals surface area contributed by atoms with Crippen LogP contribution in [0.4, 0.5) is 0 Å². The van der Waals surface area contributed by atoms with Crippen LogP contribution in [0.2, 0.25) is 0 Å². The molecule has 0 unspecified atom stereocenters. The van der Waals surface area contributed by atoms with Crippen molar-refractivity contribution in [1.29, 1.82) is 0 Å². The van der Waals surface area contributed by atoms with Crippen molar-refractivity contribution < 1.29 is 14.7 Å². The number of β-amino-alcohol motifs (C(OH)–C–C–N with tert-alkyl or cyclic N) is 1. The molecule has 10 heteroatoms. The normalized spacial score (nSPS) is 20.1. The summed E-state index contributed by atoms with van der Waals surface area (Å²) >= 11 is 1.58. The summed E-state index contributed by atoms with van der Waals surface area (Å²) in [6, 6.07) is 5.84. The van der Waals surface area contributed by atoms with E-state index in [4.69, 9.17) is 5.53 Å². The van der Waals surface area contributed by atoms with Gasteiger partial charge in [0.05, 0.1) is 28.2 Å². The van der Waals surface area contributed by atoms with Crippen LogP contribution in [0.1, 0.15) is 51.4 Å². The minimum atomic E-state index is -0.969. The molecular weight excluding hydrogens is 440 g/mol. The number of hydrogen-bond acceptors (Lipinski definition) is 6. The molecule has 3 rings (SSSR count). The van der Waals surface area contributed by atoms with E-state index >= 15 is 0 Å². The number of aryl methyl sites for hydroxylation is 1. The van der Waals surface area contributed by atoms with E-state index in [1.807, 2.05) is 43.6 Å². The molecule has 2 heterocycles. The van der Waals surface area contributed by atoms with Crippen LogP contribution in [0.3, 0.4) is 0 Å². The molecule has 0 bridgehead atoms. The average molecular weight is 471 g/mol. The Labute approximate surface area is 197 Å². The third-order valence-corrected chi connectivity index (χ3v) is 6.84. The molecule has 0 aliphatic carbocycles. The molecule has 1 saturated heterocycles. The summed E-state index contributed by atoms with van der Waals surface area (Å²) in [5.74, 6) is -0.794. The van der Waals surface area contributed by atoms with Crippen LogP contribution < -0.4 is 5.32 Å². The van der Waals surface area contributed by atoms with Gasteiger partial charge < -0.3 is 15.3 Å². The number of carbonyl (C=O) groups is 2. The lowest BCUT2D eigenvalue weighted by atomic mass is 9.86. The molecule has 9 nitrogen and oxygen atoms in total. The highest BCUT2D eigenvalue weighted by Crippen LogP contribution is 2.30. The number of amides is 2. The lowest BCUT2D eigenvalue weighted by Gasteiger charge is -2.32. The summed E-state index contributed by atoms with van der Waals surface area (Å²) in [7, 11) is 0. The number of benzene rings is 1. The summed E-state index contributed by atoms with van der Waals surface area (Å²) in [6.07, 6.45) is -0.672. The van der Waals surface area contributed by atoms with Crippen LogP contribution in [-0.4, -0.2) is 51.5 Å². The van der Waals surface area contributed by atoms with Gasteiger partial charge >= 0.3 is 0 Å². The fraction of sp³-hybridized carbons (Fsp3) is 0.522. The fourth-order valence-electron chi connectivity index (χ4n) is 4.00. The Balaban J connectivity index is 1.73. The van der Waals surface area contributed by atoms with E-state index in [1.165, 1.54) is 4.90 Å². The van der Waals surface area contributed by atoms with Gasteiger partial charge in [0.25, 0.3) is 0 Å². The third kappa shape index (κ3) is 5.52. The number of likely N-dealkylation sites (tertiary alicyclic amines) is 1. The molecular formula is C23H30N6O3S. The van der Waals surface area contributed by atoms with Crippen LogP contribution in [0.15, 0.2) is 34.9 Å². The molecule has 0 saturated carbocycles. The number of thiazole rings is 1. The van der Waals surface area contributed by atoms with Gasteiger partial charge in [-0.1, -0.05) is 50.2 Å². The van der Waals surface area contributed by atoms with Crippen LogP contribution >= 0.6 is 11.3 Å². The van der Waals surface area contributed by atoms with Gasteiger partial charge in [-0.25, -0.2) is 4.98 Å². The molecule has 1 aliphatic rings. The number of azide groups is 1. The Morgan fingerprint density at radius 3 is 2.55 bits per heavy atom. The first-order valence-corrected chi connectivity index (χ1v) is 11.7. The number of nitrogens with one attached hydrogen (secondary N) is 1. The van der Waals surface area contributed by atoms with E-state index < -0.39 is 29.5 Å². The first kappa shape index (κ1) is 24.7. The Kier molecular flexibility index (Phi) is 7.41. The number of nitrogens with zero attached hydrogens (tertiary/aromatic N) is 5. The molecule has 33 heavy (non-hydrogen) atoms. The Hall–Kier alpha value is -2.94. The van der Waals surface area contributed by atoms with Crippen LogP contribution in [0.5, 0.6) is 0 Å². The topological polar surface area (TPSA) is 131 Å². The van der Waals surface area contributed by atoms with Crippen molar-refractivity contribution in [1.82, 2.24) is 15.2 Å². The summed E-state index contributed by atoms with van der Waals surface area (Å²) in [6.45, 7) is 9.27. The monoisotopic (exact) mass is 470 g/mol. The zero-order valence-corrected chi connectivity index (χ0v) is 20.3. The zero-order chi connectivity index (χ0) is 24.3. The maximum Gasteiger partial charge on any atom is 0.243 e. The van der Waals surface area contributed by atoms with Crippen molar-refractivity contribution in [2.24, 2.45) is 10.5 Å². The van der Waals surface area contributed by atoms with Crippen molar-refractivity contribution in [2.45, 2.75) is 65.3 Å². The van der Waals surface area contributed by atoms with Gasteiger partial charge in [-0.05, 0) is 35.9 Å². The number of aliphatic hydroxyl groups is 1. The summed E-state index contributed by atoms with van der Waals surface area (Å²) < 4.78 is 0. The quantitative estimate of drug-likeness (QED) is 0.375. The Morgan fingerprint density at radius 2 is 2.00 bits per heavy atom. The van der Waals surface area contributed by atoms with E-state index in [0.717, 1.165) is 21.7 Å². The van der Waals surface area contributed by atoms with Gasteiger partial charge in [0, 0.05) is 17.9 Å². The first-order valence-electron chi connectivity index (χ1n) is 10.9. The van der Waals surface area contributed by atoms with Gasteiger partial charge in [0.1, 0.15) is 12.1 Å². The highest BCUT2D eigenvalue weighted by molar-refractivity contribution is 7.13. The van der Waals surface area contributed by atoms with Crippen molar-refractivity contribution in [3.8, 4) is 10.4 Å². The van der Waals surface area contributed by atoms with E-state index in [2.05, 4.69) is 20.3 Å². The SMILES string of the molecule is Cc1ncsc1-c1ccc([C@@H](C)NC(=O)[C@H]2C[C@H](O)CN2C(=O)[C@H](N=[N+]=[N-])C(C)(C)C)cc1. The minimum absolute atomic E-state index is 0.0295. The largest absolute Gasteiger partial charge is 0.391 e. The van der Waals surface area contributed by atoms with Crippen molar-refractivity contribution in [2.75, 3.05) is 6.54 Å². The molecule has 1 fully saturated rings. The van der Waals surface area contributed by atoms with Gasteiger partial charge in [-0.15, -0.1) is 11.3 Å². The molecule has 2 amide bonds. The van der Waals surface area contributed by atoms with Crippen molar-refractivity contribution >= 4 is 23.2 Å². The Bertz CT molecular complexity index is 1050. The smallest absolute Gasteiger partial charge is 0.243 e. The van der Waals surface area contributed by atoms with E-state index in [9.17, 15) is 14.7 Å². The molecule has 2 aromatic rings. The zero-order valence-electron chi connectivity index (χ0n) is 19.5. The predicted molar refractivity (Wildman–Crippen MR) is 127 cm³/mol. The maximum atomic E-state index is 13.1. The standard InChI is InChI=1S/C23H30N6O3S/c1-13(15-6-8-16(9-7-15)19-14(2)25-12-33-19)26-21(31)18-10-17(30)11-29(18)22(32)20(27-28-24)23(3,4)5/h6-9,12-13,17-18,20,30H,10-11H2,1-5H3,(H,26,31)/t13-,17+,18-,20+/m1/s1. The van der Waals surface area contributed by atoms with Gasteiger partial charge in [-0.3, -0.25) is 9.59 Å². The lowest BCUT2D eigenvalue weighted by Crippen LogP contribution is -2.51. The Morgan fingerprint density at radius 1 is 1.33 bits per heavy atom. The van der Waals surface area contributed by atoms with Crippen LogP contribution in [0, 0.1) is 12.3 Å². The number of aliphatic hydroxyl groups excluding tert-OH is 1. The fourth-order valence-corrected chi connectivity index (χ4v) is 4.81. The maximum absolute atomic E-state index is 13.1. The second-order valence-corrected chi connectivity index (χ2v) is 10.3. The highest BCUT2D eigenvalue weighted by atomic mass is 32.1. The predicted octanol–water partition coefficient (Wildman–Crippen LogP) is 3.98. The number of rotatable bonds is 6. The number of aromatic nitrogens is 1. The average Bonchev–Trinajstić information content (AvgIpc) is 3.36. The van der Waals surface area contributed by atoms with Crippen LogP contribution in [-0.2, 0) is 9.59 Å². The van der Waals surface area contributed by atoms with Gasteiger partial charge in [-0.2, -0.15) is 0 Å². The third-order valence-electron chi connectivity index (χ3n) is 5.86. The first-order chi connectivity index (χ1) is 15.5. The molecule has 4 atom stereocenters. The summed E-state index contributed by atoms with van der Waals surface area (Å²) in [5, 5.41) is 16.8. The highest BCUT2D eigenvalue weighted by Gasteiger charge is 2.43. The molecule has 176 valence electrons. The number of carbonyl (C=O) groups excluding carboxylic acids is 2. The molecule has 1 aromatic heterocycles. The van der Waals surface area contributed by atoms with Crippen molar-refractivity contribution in [3.05, 3.63) is 51.5 Å². The summed E-state index contributed by atoms with van der Waals surface area (Å²) in [5.41, 5.74) is 13.1. The van der Waals surface area contributed by atoms with Crippen LogP contribution in [0.25, 0.3) is 20.9 Å². The molecule has 0 spiro atoms. The van der Waals surface area contributed by atoms with Gasteiger partial charge in [0.2, 0.25) is 11.8 Å². The van der Waals surface area contributed by atoms with E-state index in [-0.39, 0.29) is 24.9 Å². The molecule has 2 N–H and O–H groups in total. The number of hydrogen-bond donors (Lipinski definition) is 2. The molecule has 0 radical (unpaired) electrons. The lowest BCUT2D eigenvalue weighted by molar-refractivity contribution is -0.141. The summed E-state index contributed by atoms with van der Waals surface area (Å²) in [4.78, 5) is 35.8. The van der Waals surface area contributed by atoms with Gasteiger partial charge in [0.15, 0.2) is 0 Å². The second-order valence-electron chi connectivity index (χ2n) is 9.49.